The van der Waals surface area contributed by atoms with Gasteiger partial charge in [-0.15, -0.1) is 11.6 Å². The first-order valence-electron chi connectivity index (χ1n) is 3.23. The Hall–Kier alpha value is -0.540. The van der Waals surface area contributed by atoms with Gasteiger partial charge in [0, 0.05) is 17.9 Å². The average molecular weight is 179 g/mol. The molecule has 0 saturated carbocycles. The summed E-state index contributed by atoms with van der Waals surface area (Å²) in [5, 5.41) is 17.3. The second kappa shape index (κ2) is 5.16. The summed E-state index contributed by atoms with van der Waals surface area (Å²) in [4.78, 5) is 10.0. The Morgan fingerprint density at radius 2 is 2.27 bits per heavy atom. The number of hydrogen-bond donors (Lipinski definition) is 2. The molecule has 0 rings (SSSR count). The van der Waals surface area contributed by atoms with Gasteiger partial charge < -0.3 is 10.2 Å². The molecule has 0 aliphatic carbocycles. The van der Waals surface area contributed by atoms with E-state index in [4.69, 9.17) is 21.8 Å². The molecule has 0 aromatic carbocycles. The number of hydrogen-bond acceptors (Lipinski definition) is 2. The first-order valence-corrected chi connectivity index (χ1v) is 3.76. The average Bonchev–Trinajstić information content (AvgIpc) is 1.98. The molecule has 0 bridgehead atoms. The zero-order valence-electron chi connectivity index (χ0n) is 6.20. The molecule has 4 heteroatoms. The predicted molar refractivity (Wildman–Crippen MR) is 42.7 cm³/mol. The molecule has 11 heavy (non-hydrogen) atoms. The molecule has 0 amide bonds. The fraction of sp³-hybridized carbons (Fsp3) is 0.571. The van der Waals surface area contributed by atoms with Crippen LogP contribution in [0.4, 0.5) is 0 Å². The van der Waals surface area contributed by atoms with Crippen molar-refractivity contribution in [2.75, 3.05) is 5.88 Å². The van der Waals surface area contributed by atoms with E-state index in [2.05, 4.69) is 0 Å². The van der Waals surface area contributed by atoms with Crippen LogP contribution in [0.1, 0.15) is 6.92 Å². The Labute approximate surface area is 70.3 Å². The van der Waals surface area contributed by atoms with Crippen LogP contribution >= 0.6 is 11.6 Å². The Kier molecular flexibility index (Phi) is 4.90. The van der Waals surface area contributed by atoms with E-state index in [1.54, 1.807) is 6.92 Å². The van der Waals surface area contributed by atoms with Gasteiger partial charge in [-0.3, -0.25) is 0 Å². The van der Waals surface area contributed by atoms with E-state index >= 15 is 0 Å². The monoisotopic (exact) mass is 178 g/mol. The summed E-state index contributed by atoms with van der Waals surface area (Å²) in [5.74, 6) is -1.12. The normalized spacial score (nSPS) is 16.6. The van der Waals surface area contributed by atoms with E-state index in [1.807, 2.05) is 0 Å². The lowest BCUT2D eigenvalue weighted by Gasteiger charge is -2.10. The van der Waals surface area contributed by atoms with Crippen LogP contribution in [-0.4, -0.2) is 28.2 Å². The third kappa shape index (κ3) is 4.81. The SMILES string of the molecule is CC(C=CC(=O)O)C(O)CCl. The third-order valence-corrected chi connectivity index (χ3v) is 1.62. The second-order valence-electron chi connectivity index (χ2n) is 2.28. The van der Waals surface area contributed by atoms with E-state index in [0.717, 1.165) is 6.08 Å². The highest BCUT2D eigenvalue weighted by Gasteiger charge is 2.09. The van der Waals surface area contributed by atoms with Crippen LogP contribution in [-0.2, 0) is 4.79 Å². The lowest BCUT2D eigenvalue weighted by atomic mass is 10.1. The highest BCUT2D eigenvalue weighted by molar-refractivity contribution is 6.18. The molecule has 0 aliphatic heterocycles. The molecular formula is C7H11ClO3. The van der Waals surface area contributed by atoms with Gasteiger partial charge in [0.2, 0.25) is 0 Å². The van der Waals surface area contributed by atoms with Gasteiger partial charge in [0.25, 0.3) is 0 Å². The van der Waals surface area contributed by atoms with Crippen molar-refractivity contribution < 1.29 is 15.0 Å². The number of halogens is 1. The molecule has 0 spiro atoms. The Morgan fingerprint density at radius 1 is 1.73 bits per heavy atom. The zero-order chi connectivity index (χ0) is 8.85. The number of carboxylic acid groups (broad SMARTS) is 1. The molecule has 0 heterocycles. The van der Waals surface area contributed by atoms with E-state index in [1.165, 1.54) is 6.08 Å². The van der Waals surface area contributed by atoms with E-state index in [9.17, 15) is 4.79 Å². The van der Waals surface area contributed by atoms with Gasteiger partial charge in [0.15, 0.2) is 0 Å². The van der Waals surface area contributed by atoms with Crippen molar-refractivity contribution >= 4 is 17.6 Å². The molecule has 3 nitrogen and oxygen atoms in total. The standard InChI is InChI=1S/C7H11ClO3/c1-5(6(9)4-8)2-3-7(10)11/h2-3,5-6,9H,4H2,1H3,(H,10,11). The molecule has 0 aromatic heterocycles. The maximum Gasteiger partial charge on any atom is 0.327 e. The van der Waals surface area contributed by atoms with Crippen molar-refractivity contribution in [2.45, 2.75) is 13.0 Å². The van der Waals surface area contributed by atoms with Crippen LogP contribution in [0.5, 0.6) is 0 Å². The molecule has 2 unspecified atom stereocenters. The van der Waals surface area contributed by atoms with Gasteiger partial charge in [0.05, 0.1) is 6.10 Å². The minimum absolute atomic E-state index is 0.116. The molecule has 0 aliphatic rings. The fourth-order valence-electron chi connectivity index (χ4n) is 0.503. The largest absolute Gasteiger partial charge is 0.478 e. The van der Waals surface area contributed by atoms with Gasteiger partial charge in [-0.1, -0.05) is 13.0 Å². The van der Waals surface area contributed by atoms with Crippen LogP contribution in [0, 0.1) is 5.92 Å². The quantitative estimate of drug-likeness (QED) is 0.496. The number of alkyl halides is 1. The summed E-state index contributed by atoms with van der Waals surface area (Å²) >= 11 is 5.33. The van der Waals surface area contributed by atoms with Crippen LogP contribution in [0.25, 0.3) is 0 Å². The maximum atomic E-state index is 10.0. The lowest BCUT2D eigenvalue weighted by molar-refractivity contribution is -0.131. The zero-order valence-corrected chi connectivity index (χ0v) is 6.95. The Bertz CT molecular complexity index is 156. The summed E-state index contributed by atoms with van der Waals surface area (Å²) < 4.78 is 0. The van der Waals surface area contributed by atoms with Gasteiger partial charge >= 0.3 is 5.97 Å². The van der Waals surface area contributed by atoms with Crippen LogP contribution < -0.4 is 0 Å². The first kappa shape index (κ1) is 10.5. The van der Waals surface area contributed by atoms with Crippen molar-refractivity contribution in [3.8, 4) is 0 Å². The van der Waals surface area contributed by atoms with Crippen molar-refractivity contribution in [1.82, 2.24) is 0 Å². The molecule has 64 valence electrons. The van der Waals surface area contributed by atoms with Gasteiger partial charge in [-0.05, 0) is 0 Å². The Balaban J connectivity index is 3.85. The second-order valence-corrected chi connectivity index (χ2v) is 2.59. The van der Waals surface area contributed by atoms with Crippen LogP contribution in [0.15, 0.2) is 12.2 Å². The number of rotatable bonds is 4. The summed E-state index contributed by atoms with van der Waals surface area (Å²) in [6.07, 6.45) is 1.74. The van der Waals surface area contributed by atoms with Gasteiger partial charge in [-0.25, -0.2) is 4.79 Å². The number of aliphatic hydroxyl groups excluding tert-OH is 1. The summed E-state index contributed by atoms with van der Waals surface area (Å²) in [5.41, 5.74) is 0. The number of carboxylic acids is 1. The lowest BCUT2D eigenvalue weighted by Crippen LogP contribution is -2.17. The van der Waals surface area contributed by atoms with Crippen LogP contribution in [0.2, 0.25) is 0 Å². The molecular weight excluding hydrogens is 168 g/mol. The summed E-state index contributed by atoms with van der Waals surface area (Å²) in [6.45, 7) is 1.70. The highest BCUT2D eigenvalue weighted by atomic mass is 35.5. The van der Waals surface area contributed by atoms with Crippen molar-refractivity contribution in [2.24, 2.45) is 5.92 Å². The maximum absolute atomic E-state index is 10.0. The smallest absolute Gasteiger partial charge is 0.327 e. The van der Waals surface area contributed by atoms with E-state index < -0.39 is 12.1 Å². The Morgan fingerprint density at radius 3 is 2.64 bits per heavy atom. The van der Waals surface area contributed by atoms with Gasteiger partial charge in [-0.2, -0.15) is 0 Å². The molecule has 2 N–H and O–H groups in total. The van der Waals surface area contributed by atoms with Crippen molar-refractivity contribution in [3.63, 3.8) is 0 Å². The van der Waals surface area contributed by atoms with Crippen LogP contribution in [0.3, 0.4) is 0 Å². The van der Waals surface area contributed by atoms with Gasteiger partial charge in [0.1, 0.15) is 0 Å². The third-order valence-electron chi connectivity index (χ3n) is 1.31. The predicted octanol–water partition coefficient (Wildman–Crippen LogP) is 0.863. The first-order chi connectivity index (χ1) is 5.07. The number of carbonyl (C=O) groups is 1. The van der Waals surface area contributed by atoms with Crippen molar-refractivity contribution in [1.29, 1.82) is 0 Å². The fourth-order valence-corrected chi connectivity index (χ4v) is 0.784. The molecule has 2 atom stereocenters. The minimum Gasteiger partial charge on any atom is -0.478 e. The highest BCUT2D eigenvalue weighted by Crippen LogP contribution is 2.05. The molecule has 0 aromatic rings. The minimum atomic E-state index is -1.02. The molecule has 0 saturated heterocycles. The summed E-state index contributed by atoms with van der Waals surface area (Å²) in [7, 11) is 0. The van der Waals surface area contributed by atoms with E-state index in [-0.39, 0.29) is 11.8 Å². The molecule has 0 radical (unpaired) electrons. The van der Waals surface area contributed by atoms with Crippen molar-refractivity contribution in [3.05, 3.63) is 12.2 Å². The number of aliphatic carboxylic acids is 1. The molecule has 0 fully saturated rings. The topological polar surface area (TPSA) is 57.5 Å². The number of aliphatic hydroxyl groups is 1. The van der Waals surface area contributed by atoms with E-state index in [0.29, 0.717) is 0 Å². The summed E-state index contributed by atoms with van der Waals surface area (Å²) in [6, 6.07) is 0.